The smallest absolute Gasteiger partial charge is 0.0628 e. The van der Waals surface area contributed by atoms with Crippen LogP contribution < -0.4 is 0 Å². The lowest BCUT2D eigenvalue weighted by molar-refractivity contribution is 0.404. The summed E-state index contributed by atoms with van der Waals surface area (Å²) in [4.78, 5) is 0. The van der Waals surface area contributed by atoms with E-state index in [-0.39, 0.29) is 10.8 Å². The summed E-state index contributed by atoms with van der Waals surface area (Å²) in [5, 5.41) is 13.2. The average molecular weight is 217 g/mol. The molecule has 1 aromatic rings. The normalized spacial score (nSPS) is 18.1. The van der Waals surface area contributed by atoms with Crippen LogP contribution in [0.1, 0.15) is 45.6 Å². The van der Waals surface area contributed by atoms with Gasteiger partial charge < -0.3 is 0 Å². The second-order valence-electron chi connectivity index (χ2n) is 6.01. The molecule has 3 heteroatoms. The molecule has 86 valence electrons. The van der Waals surface area contributed by atoms with Gasteiger partial charge in [-0.1, -0.05) is 20.8 Å². The first-order chi connectivity index (χ1) is 7.45. The van der Waals surface area contributed by atoms with Gasteiger partial charge in [0.1, 0.15) is 0 Å². The zero-order valence-corrected chi connectivity index (χ0v) is 10.3. The summed E-state index contributed by atoms with van der Waals surface area (Å²) >= 11 is 0. The van der Waals surface area contributed by atoms with Gasteiger partial charge >= 0.3 is 0 Å². The maximum Gasteiger partial charge on any atom is 0.0628 e. The summed E-state index contributed by atoms with van der Waals surface area (Å²) in [6.07, 6.45) is 7.08. The molecular formula is C13H19N3. The van der Waals surface area contributed by atoms with Gasteiger partial charge in [-0.3, -0.25) is 4.68 Å². The summed E-state index contributed by atoms with van der Waals surface area (Å²) in [5.41, 5.74) is 1.65. The standard InChI is InChI=1S/C13H19N3/c1-12(2,3)11-8-15-16(9-11)10-13(4-5-13)6-7-14/h8-9H,4-6,10H2,1-3H3. The quantitative estimate of drug-likeness (QED) is 0.781. The molecular weight excluding hydrogens is 198 g/mol. The lowest BCUT2D eigenvalue weighted by Gasteiger charge is -2.15. The summed E-state index contributed by atoms with van der Waals surface area (Å²) < 4.78 is 2.00. The molecule has 1 heterocycles. The van der Waals surface area contributed by atoms with Crippen LogP contribution in [0.15, 0.2) is 12.4 Å². The van der Waals surface area contributed by atoms with Gasteiger partial charge in [-0.2, -0.15) is 10.4 Å². The first-order valence-corrected chi connectivity index (χ1v) is 5.85. The largest absolute Gasteiger partial charge is 0.272 e. The fourth-order valence-electron chi connectivity index (χ4n) is 1.92. The number of nitriles is 1. The Kier molecular flexibility index (Phi) is 2.53. The van der Waals surface area contributed by atoms with E-state index in [4.69, 9.17) is 5.26 Å². The Labute approximate surface area is 97.1 Å². The molecule has 3 nitrogen and oxygen atoms in total. The molecule has 0 aliphatic heterocycles. The number of rotatable bonds is 3. The number of nitrogens with zero attached hydrogens (tertiary/aromatic N) is 3. The predicted octanol–water partition coefficient (Wildman–Crippen LogP) is 2.87. The van der Waals surface area contributed by atoms with E-state index in [9.17, 15) is 0 Å². The van der Waals surface area contributed by atoms with Gasteiger partial charge in [0, 0.05) is 24.6 Å². The van der Waals surface area contributed by atoms with Crippen molar-refractivity contribution in [2.75, 3.05) is 0 Å². The van der Waals surface area contributed by atoms with Crippen molar-refractivity contribution >= 4 is 0 Å². The van der Waals surface area contributed by atoms with E-state index < -0.39 is 0 Å². The van der Waals surface area contributed by atoms with E-state index in [1.54, 1.807) is 0 Å². The third-order valence-corrected chi connectivity index (χ3v) is 3.41. The third kappa shape index (κ3) is 2.27. The molecule has 0 unspecified atom stereocenters. The second kappa shape index (κ2) is 3.62. The minimum Gasteiger partial charge on any atom is -0.272 e. The fraction of sp³-hybridized carbons (Fsp3) is 0.692. The molecule has 16 heavy (non-hydrogen) atoms. The molecule has 0 saturated heterocycles. The van der Waals surface area contributed by atoms with E-state index in [0.717, 1.165) is 6.54 Å². The van der Waals surface area contributed by atoms with Gasteiger partial charge in [-0.15, -0.1) is 0 Å². The lowest BCUT2D eigenvalue weighted by Crippen LogP contribution is -2.12. The molecule has 0 spiro atoms. The third-order valence-electron chi connectivity index (χ3n) is 3.41. The van der Waals surface area contributed by atoms with Crippen LogP contribution in [0.4, 0.5) is 0 Å². The Morgan fingerprint density at radius 2 is 2.19 bits per heavy atom. The van der Waals surface area contributed by atoms with Crippen molar-refractivity contribution in [1.82, 2.24) is 9.78 Å². The molecule has 0 aromatic carbocycles. The van der Waals surface area contributed by atoms with Crippen LogP contribution in [0.3, 0.4) is 0 Å². The van der Waals surface area contributed by atoms with Crippen LogP contribution in [0.25, 0.3) is 0 Å². The minimum absolute atomic E-state index is 0.157. The molecule has 0 radical (unpaired) electrons. The molecule has 1 fully saturated rings. The Balaban J connectivity index is 2.07. The molecule has 1 saturated carbocycles. The summed E-state index contributed by atoms with van der Waals surface area (Å²) in [7, 11) is 0. The summed E-state index contributed by atoms with van der Waals surface area (Å²) in [6.45, 7) is 7.47. The van der Waals surface area contributed by atoms with Crippen molar-refractivity contribution in [3.05, 3.63) is 18.0 Å². The topological polar surface area (TPSA) is 41.6 Å². The highest BCUT2D eigenvalue weighted by molar-refractivity contribution is 5.15. The van der Waals surface area contributed by atoms with Gasteiger partial charge in [0.2, 0.25) is 0 Å². The van der Waals surface area contributed by atoms with Crippen LogP contribution in [0.2, 0.25) is 0 Å². The maximum absolute atomic E-state index is 8.77. The Morgan fingerprint density at radius 1 is 1.50 bits per heavy atom. The van der Waals surface area contributed by atoms with Crippen molar-refractivity contribution in [2.45, 2.75) is 52.0 Å². The van der Waals surface area contributed by atoms with E-state index in [1.165, 1.54) is 18.4 Å². The zero-order chi connectivity index (χ0) is 11.8. The second-order valence-corrected chi connectivity index (χ2v) is 6.01. The van der Waals surface area contributed by atoms with Gasteiger partial charge in [0.05, 0.1) is 12.3 Å². The van der Waals surface area contributed by atoms with Crippen LogP contribution in [0, 0.1) is 16.7 Å². The summed E-state index contributed by atoms with van der Waals surface area (Å²) in [6, 6.07) is 2.29. The molecule has 0 N–H and O–H groups in total. The zero-order valence-electron chi connectivity index (χ0n) is 10.3. The van der Waals surface area contributed by atoms with Crippen molar-refractivity contribution in [3.8, 4) is 6.07 Å². The van der Waals surface area contributed by atoms with Crippen molar-refractivity contribution in [2.24, 2.45) is 5.41 Å². The Morgan fingerprint density at radius 3 is 2.62 bits per heavy atom. The number of hydrogen-bond acceptors (Lipinski definition) is 2. The van der Waals surface area contributed by atoms with Crippen LogP contribution in [-0.2, 0) is 12.0 Å². The van der Waals surface area contributed by atoms with E-state index in [1.807, 2.05) is 10.9 Å². The van der Waals surface area contributed by atoms with Gasteiger partial charge in [0.25, 0.3) is 0 Å². The van der Waals surface area contributed by atoms with E-state index in [0.29, 0.717) is 6.42 Å². The average Bonchev–Trinajstić information content (AvgIpc) is 2.75. The van der Waals surface area contributed by atoms with Crippen LogP contribution in [0.5, 0.6) is 0 Å². The molecule has 1 aromatic heterocycles. The maximum atomic E-state index is 8.77. The van der Waals surface area contributed by atoms with Gasteiger partial charge in [-0.25, -0.2) is 0 Å². The van der Waals surface area contributed by atoms with Gasteiger partial charge in [-0.05, 0) is 23.8 Å². The predicted molar refractivity (Wildman–Crippen MR) is 62.8 cm³/mol. The van der Waals surface area contributed by atoms with E-state index >= 15 is 0 Å². The molecule has 1 aliphatic rings. The molecule has 2 rings (SSSR count). The van der Waals surface area contributed by atoms with Crippen molar-refractivity contribution in [1.29, 1.82) is 5.26 Å². The highest BCUT2D eigenvalue weighted by Crippen LogP contribution is 2.49. The van der Waals surface area contributed by atoms with E-state index in [2.05, 4.69) is 38.1 Å². The number of aromatic nitrogens is 2. The minimum atomic E-state index is 0.157. The monoisotopic (exact) mass is 217 g/mol. The first kappa shape index (κ1) is 11.2. The van der Waals surface area contributed by atoms with Crippen LogP contribution in [-0.4, -0.2) is 9.78 Å². The first-order valence-electron chi connectivity index (χ1n) is 5.85. The highest BCUT2D eigenvalue weighted by Gasteiger charge is 2.43. The Bertz CT molecular complexity index is 413. The molecule has 1 aliphatic carbocycles. The highest BCUT2D eigenvalue weighted by atomic mass is 15.3. The molecule has 0 amide bonds. The molecule has 0 bridgehead atoms. The fourth-order valence-corrected chi connectivity index (χ4v) is 1.92. The number of hydrogen-bond donors (Lipinski definition) is 0. The lowest BCUT2D eigenvalue weighted by atomic mass is 9.90. The van der Waals surface area contributed by atoms with Crippen LogP contribution >= 0.6 is 0 Å². The molecule has 0 atom stereocenters. The van der Waals surface area contributed by atoms with Crippen molar-refractivity contribution in [3.63, 3.8) is 0 Å². The van der Waals surface area contributed by atoms with Crippen molar-refractivity contribution < 1.29 is 0 Å². The van der Waals surface area contributed by atoms with Gasteiger partial charge in [0.15, 0.2) is 0 Å². The Hall–Kier alpha value is -1.30. The SMILES string of the molecule is CC(C)(C)c1cnn(CC2(CC#N)CC2)c1. The summed E-state index contributed by atoms with van der Waals surface area (Å²) in [5.74, 6) is 0.